The first-order valence-corrected chi connectivity index (χ1v) is 6.05. The van der Waals surface area contributed by atoms with Gasteiger partial charge >= 0.3 is 5.97 Å². The first-order chi connectivity index (χ1) is 9.23. The molecular weight excluding hydrogens is 260 g/mol. The summed E-state index contributed by atoms with van der Waals surface area (Å²) in [7, 11) is 1.10. The van der Waals surface area contributed by atoms with Crippen molar-refractivity contribution >= 4 is 17.5 Å². The SMILES string of the molecule is COC(=O)C(=O)/C=C(\O)c1ccc(OC(C)(C)C)cc1. The van der Waals surface area contributed by atoms with Gasteiger partial charge in [-0.2, -0.15) is 0 Å². The number of ketones is 1. The minimum absolute atomic E-state index is 0.303. The highest BCUT2D eigenvalue weighted by molar-refractivity contribution is 6.39. The van der Waals surface area contributed by atoms with E-state index in [0.717, 1.165) is 13.2 Å². The summed E-state index contributed by atoms with van der Waals surface area (Å²) >= 11 is 0. The van der Waals surface area contributed by atoms with Crippen LogP contribution in [0.2, 0.25) is 0 Å². The predicted octanol–water partition coefficient (Wildman–Crippen LogP) is 2.50. The number of aliphatic hydroxyl groups is 1. The van der Waals surface area contributed by atoms with Crippen LogP contribution in [0, 0.1) is 0 Å². The van der Waals surface area contributed by atoms with E-state index in [2.05, 4.69) is 4.74 Å². The highest BCUT2D eigenvalue weighted by Crippen LogP contribution is 2.21. The molecule has 0 bridgehead atoms. The average Bonchev–Trinajstić information content (AvgIpc) is 2.36. The Hall–Kier alpha value is -2.30. The molecule has 0 saturated carbocycles. The second kappa shape index (κ2) is 6.23. The van der Waals surface area contributed by atoms with Crippen molar-refractivity contribution in [2.75, 3.05) is 7.11 Å². The van der Waals surface area contributed by atoms with E-state index in [1.807, 2.05) is 20.8 Å². The molecule has 0 spiro atoms. The van der Waals surface area contributed by atoms with Crippen LogP contribution in [0.25, 0.3) is 5.76 Å². The summed E-state index contributed by atoms with van der Waals surface area (Å²) in [6, 6.07) is 6.54. The van der Waals surface area contributed by atoms with Crippen LogP contribution in [0.4, 0.5) is 0 Å². The van der Waals surface area contributed by atoms with E-state index < -0.39 is 11.8 Å². The molecule has 0 radical (unpaired) electrons. The first-order valence-electron chi connectivity index (χ1n) is 6.05. The number of hydrogen-bond donors (Lipinski definition) is 1. The summed E-state index contributed by atoms with van der Waals surface area (Å²) < 4.78 is 9.89. The molecule has 0 aromatic heterocycles. The molecule has 1 aromatic carbocycles. The normalized spacial score (nSPS) is 11.9. The van der Waals surface area contributed by atoms with E-state index in [1.54, 1.807) is 24.3 Å². The lowest BCUT2D eigenvalue weighted by molar-refractivity contribution is -0.149. The number of hydrogen-bond acceptors (Lipinski definition) is 5. The fourth-order valence-corrected chi connectivity index (χ4v) is 1.41. The topological polar surface area (TPSA) is 72.8 Å². The monoisotopic (exact) mass is 278 g/mol. The lowest BCUT2D eigenvalue weighted by atomic mass is 10.1. The van der Waals surface area contributed by atoms with E-state index >= 15 is 0 Å². The van der Waals surface area contributed by atoms with Crippen LogP contribution in [0.5, 0.6) is 5.75 Å². The second-order valence-corrected chi connectivity index (χ2v) is 5.12. The summed E-state index contributed by atoms with van der Waals surface area (Å²) in [6.45, 7) is 5.77. The van der Waals surface area contributed by atoms with Crippen LogP contribution in [-0.2, 0) is 14.3 Å². The van der Waals surface area contributed by atoms with Gasteiger partial charge in [-0.15, -0.1) is 0 Å². The first kappa shape index (κ1) is 15.8. The molecule has 5 nitrogen and oxygen atoms in total. The third-order valence-corrected chi connectivity index (χ3v) is 2.23. The van der Waals surface area contributed by atoms with E-state index in [0.29, 0.717) is 11.3 Å². The quantitative estimate of drug-likeness (QED) is 0.396. The van der Waals surface area contributed by atoms with Crippen LogP contribution in [0.15, 0.2) is 30.3 Å². The molecule has 0 aliphatic rings. The van der Waals surface area contributed by atoms with Gasteiger partial charge in [0, 0.05) is 11.6 Å². The van der Waals surface area contributed by atoms with Crippen molar-refractivity contribution in [3.63, 3.8) is 0 Å². The lowest BCUT2D eigenvalue weighted by Gasteiger charge is -2.21. The highest BCUT2D eigenvalue weighted by atomic mass is 16.5. The second-order valence-electron chi connectivity index (χ2n) is 5.12. The smallest absolute Gasteiger partial charge is 0.378 e. The molecule has 1 aromatic rings. The third-order valence-electron chi connectivity index (χ3n) is 2.23. The van der Waals surface area contributed by atoms with Crippen LogP contribution < -0.4 is 4.74 Å². The van der Waals surface area contributed by atoms with Gasteiger partial charge in [-0.05, 0) is 45.0 Å². The zero-order valence-electron chi connectivity index (χ0n) is 12.0. The average molecular weight is 278 g/mol. The Morgan fingerprint density at radius 1 is 1.15 bits per heavy atom. The predicted molar refractivity (Wildman–Crippen MR) is 74.5 cm³/mol. The molecule has 20 heavy (non-hydrogen) atoms. The van der Waals surface area contributed by atoms with Gasteiger partial charge in [-0.25, -0.2) is 4.79 Å². The summed E-state index contributed by atoms with van der Waals surface area (Å²) in [6.07, 6.45) is 0.825. The van der Waals surface area contributed by atoms with Crippen molar-refractivity contribution in [2.24, 2.45) is 0 Å². The molecule has 0 heterocycles. The number of rotatable bonds is 4. The number of carbonyl (C=O) groups is 2. The van der Waals surface area contributed by atoms with Crippen LogP contribution >= 0.6 is 0 Å². The number of ether oxygens (including phenoxy) is 2. The minimum Gasteiger partial charge on any atom is -0.507 e. The van der Waals surface area contributed by atoms with Crippen molar-refractivity contribution in [3.8, 4) is 5.75 Å². The molecular formula is C15H18O5. The van der Waals surface area contributed by atoms with Gasteiger partial charge in [-0.3, -0.25) is 4.79 Å². The molecule has 0 atom stereocenters. The van der Waals surface area contributed by atoms with Gasteiger partial charge in [0.1, 0.15) is 17.1 Å². The lowest BCUT2D eigenvalue weighted by Crippen LogP contribution is -2.22. The Labute approximate surface area is 117 Å². The summed E-state index contributed by atoms with van der Waals surface area (Å²) in [4.78, 5) is 22.2. The van der Waals surface area contributed by atoms with Crippen molar-refractivity contribution < 1.29 is 24.2 Å². The van der Waals surface area contributed by atoms with Gasteiger partial charge in [0.25, 0.3) is 5.78 Å². The molecule has 1 N–H and O–H groups in total. The van der Waals surface area contributed by atoms with Gasteiger partial charge in [0.2, 0.25) is 0 Å². The molecule has 0 saturated heterocycles. The zero-order chi connectivity index (χ0) is 15.3. The molecule has 0 fully saturated rings. The molecule has 0 aliphatic heterocycles. The molecule has 0 amide bonds. The Bertz CT molecular complexity index is 520. The Morgan fingerprint density at radius 3 is 2.15 bits per heavy atom. The van der Waals surface area contributed by atoms with Crippen molar-refractivity contribution in [1.82, 2.24) is 0 Å². The standard InChI is InChI=1S/C15H18O5/c1-15(2,3)20-11-7-5-10(6-8-11)12(16)9-13(17)14(18)19-4/h5-9,16H,1-4H3/b12-9-. The summed E-state index contributed by atoms with van der Waals surface area (Å²) in [5, 5.41) is 9.75. The maximum Gasteiger partial charge on any atom is 0.378 e. The molecule has 5 heteroatoms. The van der Waals surface area contributed by atoms with Gasteiger partial charge in [-0.1, -0.05) is 0 Å². The number of carbonyl (C=O) groups excluding carboxylic acids is 2. The third kappa shape index (κ3) is 4.76. The summed E-state index contributed by atoms with van der Waals surface area (Å²) in [5.41, 5.74) is 0.0868. The fourth-order valence-electron chi connectivity index (χ4n) is 1.41. The summed E-state index contributed by atoms with van der Waals surface area (Å²) in [5.74, 6) is -1.60. The maximum absolute atomic E-state index is 11.3. The molecule has 108 valence electrons. The van der Waals surface area contributed by atoms with Crippen molar-refractivity contribution in [3.05, 3.63) is 35.9 Å². The largest absolute Gasteiger partial charge is 0.507 e. The number of aliphatic hydroxyl groups excluding tert-OH is 1. The zero-order valence-corrected chi connectivity index (χ0v) is 12.0. The number of methoxy groups -OCH3 is 1. The van der Waals surface area contributed by atoms with Crippen molar-refractivity contribution in [2.45, 2.75) is 26.4 Å². The van der Waals surface area contributed by atoms with Gasteiger partial charge in [0.05, 0.1) is 7.11 Å². The van der Waals surface area contributed by atoms with E-state index in [9.17, 15) is 14.7 Å². The van der Waals surface area contributed by atoms with Crippen molar-refractivity contribution in [1.29, 1.82) is 0 Å². The highest BCUT2D eigenvalue weighted by Gasteiger charge is 2.14. The fraction of sp³-hybridized carbons (Fsp3) is 0.333. The Morgan fingerprint density at radius 2 is 1.70 bits per heavy atom. The number of benzene rings is 1. The van der Waals surface area contributed by atoms with Crippen LogP contribution in [-0.4, -0.2) is 29.6 Å². The van der Waals surface area contributed by atoms with E-state index in [4.69, 9.17) is 4.74 Å². The molecule has 0 unspecified atom stereocenters. The van der Waals surface area contributed by atoms with E-state index in [1.165, 1.54) is 0 Å². The number of esters is 1. The Kier molecular flexibility index (Phi) is 4.91. The molecule has 1 rings (SSSR count). The van der Waals surface area contributed by atoms with Crippen LogP contribution in [0.3, 0.4) is 0 Å². The van der Waals surface area contributed by atoms with Gasteiger partial charge in [0.15, 0.2) is 0 Å². The Balaban J connectivity index is 2.85. The maximum atomic E-state index is 11.3. The molecule has 0 aliphatic carbocycles. The van der Waals surface area contributed by atoms with E-state index in [-0.39, 0.29) is 11.4 Å². The minimum atomic E-state index is -1.02. The van der Waals surface area contributed by atoms with Gasteiger partial charge < -0.3 is 14.6 Å². The van der Waals surface area contributed by atoms with Crippen LogP contribution in [0.1, 0.15) is 26.3 Å².